The molecule has 166 valence electrons. The third-order valence-corrected chi connectivity index (χ3v) is 5.63. The lowest BCUT2D eigenvalue weighted by Crippen LogP contribution is -2.07. The monoisotopic (exact) mass is 450 g/mol. The van der Waals surface area contributed by atoms with Crippen LogP contribution in [-0.4, -0.2) is 23.1 Å². The van der Waals surface area contributed by atoms with Gasteiger partial charge in [-0.05, 0) is 30.4 Å². The first-order valence-electron chi connectivity index (χ1n) is 10.4. The summed E-state index contributed by atoms with van der Waals surface area (Å²) in [6, 6.07) is 16.4. The Morgan fingerprint density at radius 2 is 1.97 bits per heavy atom. The molecule has 0 aliphatic heterocycles. The van der Waals surface area contributed by atoms with Crippen LogP contribution in [0, 0.1) is 10.1 Å². The number of aromatic nitrogens is 1. The van der Waals surface area contributed by atoms with E-state index in [-0.39, 0.29) is 5.69 Å². The van der Waals surface area contributed by atoms with Crippen LogP contribution in [-0.2, 0) is 11.3 Å². The summed E-state index contributed by atoms with van der Waals surface area (Å²) >= 11 is 1.58. The number of fused-ring (bicyclic) bond motifs is 1. The van der Waals surface area contributed by atoms with Gasteiger partial charge in [-0.15, -0.1) is 0 Å². The van der Waals surface area contributed by atoms with Crippen molar-refractivity contribution < 1.29 is 14.4 Å². The smallest absolute Gasteiger partial charge is 0.270 e. The number of pyridine rings is 1. The lowest BCUT2D eigenvalue weighted by atomic mass is 10.1. The molecular formula is C25H26N2O4S. The number of non-ortho nitro benzene ring substituents is 1. The largest absolute Gasteiger partial charge is 0.490 e. The van der Waals surface area contributed by atoms with Gasteiger partial charge in [0.15, 0.2) is 0 Å². The molecule has 0 N–H and O–H groups in total. The summed E-state index contributed by atoms with van der Waals surface area (Å²) in [5.74, 6) is 0.552. The minimum atomic E-state index is -0.414. The summed E-state index contributed by atoms with van der Waals surface area (Å²) < 4.78 is 11.7. The molecule has 0 aliphatic carbocycles. The Hall–Kier alpha value is -3.16. The lowest BCUT2D eigenvalue weighted by molar-refractivity contribution is -0.384. The van der Waals surface area contributed by atoms with Crippen molar-refractivity contribution >= 4 is 33.3 Å². The van der Waals surface area contributed by atoms with Gasteiger partial charge >= 0.3 is 0 Å². The molecule has 0 bridgehead atoms. The van der Waals surface area contributed by atoms with E-state index in [0.717, 1.165) is 22.6 Å². The number of hydrogen-bond donors (Lipinski definition) is 0. The molecule has 0 saturated heterocycles. The van der Waals surface area contributed by atoms with Crippen molar-refractivity contribution in [3.63, 3.8) is 0 Å². The quantitative estimate of drug-likeness (QED) is 0.183. The van der Waals surface area contributed by atoms with E-state index in [4.69, 9.17) is 14.5 Å². The van der Waals surface area contributed by atoms with Crippen LogP contribution in [0.15, 0.2) is 72.2 Å². The van der Waals surface area contributed by atoms with Crippen LogP contribution in [0.25, 0.3) is 15.8 Å². The highest BCUT2D eigenvalue weighted by Crippen LogP contribution is 2.34. The van der Waals surface area contributed by atoms with E-state index in [1.807, 2.05) is 54.8 Å². The summed E-state index contributed by atoms with van der Waals surface area (Å²) in [7, 11) is 0. The van der Waals surface area contributed by atoms with Crippen LogP contribution in [0.5, 0.6) is 5.75 Å². The number of hydrogen-bond acceptors (Lipinski definition) is 6. The average Bonchev–Trinajstić information content (AvgIpc) is 2.81. The summed E-state index contributed by atoms with van der Waals surface area (Å²) in [6.07, 6.45) is 5.03. The third kappa shape index (κ3) is 6.42. The maximum Gasteiger partial charge on any atom is 0.270 e. The number of nitrogens with zero attached hydrogens (tertiary/aromatic N) is 2. The molecule has 0 saturated carbocycles. The number of nitro groups is 1. The van der Waals surface area contributed by atoms with Gasteiger partial charge in [-0.25, -0.2) is 4.98 Å². The van der Waals surface area contributed by atoms with Crippen molar-refractivity contribution in [2.45, 2.75) is 26.9 Å². The maximum absolute atomic E-state index is 11.3. The molecule has 1 aromatic heterocycles. The van der Waals surface area contributed by atoms with Crippen molar-refractivity contribution in [1.82, 2.24) is 4.98 Å². The first-order valence-corrected chi connectivity index (χ1v) is 11.3. The van der Waals surface area contributed by atoms with Crippen molar-refractivity contribution in [2.75, 3.05) is 13.2 Å². The average molecular weight is 451 g/mol. The van der Waals surface area contributed by atoms with Crippen LogP contribution in [0.3, 0.4) is 0 Å². The highest BCUT2D eigenvalue weighted by Gasteiger charge is 2.14. The maximum atomic E-state index is 11.3. The number of ether oxygens (including phenoxy) is 2. The van der Waals surface area contributed by atoms with Gasteiger partial charge in [0.2, 0.25) is 0 Å². The van der Waals surface area contributed by atoms with Crippen molar-refractivity contribution in [3.8, 4) is 5.75 Å². The normalized spacial score (nSPS) is 11.9. The number of nitro benzene ring substituents is 1. The first kappa shape index (κ1) is 23.5. The number of thioether (sulfide) groups is 1. The Morgan fingerprint density at radius 3 is 2.69 bits per heavy atom. The van der Waals surface area contributed by atoms with E-state index in [0.29, 0.717) is 36.5 Å². The second-order valence-electron chi connectivity index (χ2n) is 6.90. The molecule has 0 radical (unpaired) electrons. The molecule has 0 amide bonds. The fraction of sp³-hybridized carbons (Fsp3) is 0.240. The van der Waals surface area contributed by atoms with Crippen molar-refractivity contribution in [2.24, 2.45) is 0 Å². The lowest BCUT2D eigenvalue weighted by Gasteiger charge is -2.13. The number of allylic oxidation sites excluding steroid dienone is 2. The van der Waals surface area contributed by atoms with Gasteiger partial charge in [-0.2, -0.15) is 0 Å². The molecule has 0 unspecified atom stereocenters. The van der Waals surface area contributed by atoms with E-state index in [1.165, 1.54) is 12.1 Å². The van der Waals surface area contributed by atoms with Crippen LogP contribution >= 0.6 is 11.8 Å². The molecule has 32 heavy (non-hydrogen) atoms. The third-order valence-electron chi connectivity index (χ3n) is 4.60. The van der Waals surface area contributed by atoms with E-state index in [1.54, 1.807) is 17.8 Å². The van der Waals surface area contributed by atoms with E-state index < -0.39 is 4.92 Å². The number of benzene rings is 2. The zero-order valence-electron chi connectivity index (χ0n) is 18.2. The van der Waals surface area contributed by atoms with Gasteiger partial charge in [0.05, 0.1) is 29.3 Å². The second-order valence-corrected chi connectivity index (χ2v) is 7.85. The fourth-order valence-electron chi connectivity index (χ4n) is 3.01. The highest BCUT2D eigenvalue weighted by molar-refractivity contribution is 8.10. The molecule has 1 heterocycles. The highest BCUT2D eigenvalue weighted by atomic mass is 32.2. The molecule has 6 nitrogen and oxygen atoms in total. The van der Waals surface area contributed by atoms with Crippen LogP contribution < -0.4 is 4.74 Å². The number of rotatable bonds is 11. The molecule has 3 rings (SSSR count). The van der Waals surface area contributed by atoms with Crippen LogP contribution in [0.1, 0.15) is 31.5 Å². The molecule has 3 aromatic rings. The Balaban J connectivity index is 1.81. The van der Waals surface area contributed by atoms with Crippen molar-refractivity contribution in [3.05, 3.63) is 93.5 Å². The summed E-state index contributed by atoms with van der Waals surface area (Å²) in [5, 5.41) is 13.9. The van der Waals surface area contributed by atoms with Gasteiger partial charge < -0.3 is 9.47 Å². The van der Waals surface area contributed by atoms with Gasteiger partial charge in [0, 0.05) is 28.5 Å². The topological polar surface area (TPSA) is 74.5 Å². The standard InChI is InChI=1S/C25H26N2O4S/c1-3-5-15-32-25(4-2)23-17-24(21-16-20(27(28)29)11-12-22(21)26-23)31-14-13-30-18-19-9-7-6-8-10-19/h4-12,15-17H,3,13-14,18H2,1-2H3/b15-5-,25-4-. The first-order chi connectivity index (χ1) is 15.6. The van der Waals surface area contributed by atoms with E-state index >= 15 is 0 Å². The van der Waals surface area contributed by atoms with Crippen molar-refractivity contribution in [1.29, 1.82) is 0 Å². The molecule has 0 fully saturated rings. The molecule has 2 aromatic carbocycles. The summed E-state index contributed by atoms with van der Waals surface area (Å²) in [6.45, 7) is 5.26. The minimum absolute atomic E-state index is 0.00346. The van der Waals surface area contributed by atoms with Gasteiger partial charge in [-0.1, -0.05) is 61.2 Å². The molecule has 0 atom stereocenters. The fourth-order valence-corrected chi connectivity index (χ4v) is 3.81. The zero-order valence-corrected chi connectivity index (χ0v) is 19.0. The Kier molecular flexibility index (Phi) is 8.83. The Bertz CT molecular complexity index is 1110. The Labute approximate surface area is 192 Å². The van der Waals surface area contributed by atoms with Gasteiger partial charge in [-0.3, -0.25) is 10.1 Å². The zero-order chi connectivity index (χ0) is 22.8. The van der Waals surface area contributed by atoms with Gasteiger partial charge in [0.1, 0.15) is 12.4 Å². The van der Waals surface area contributed by atoms with E-state index in [9.17, 15) is 10.1 Å². The second kappa shape index (κ2) is 12.0. The molecule has 7 heteroatoms. The molecular weight excluding hydrogens is 424 g/mol. The minimum Gasteiger partial charge on any atom is -0.490 e. The Morgan fingerprint density at radius 1 is 1.16 bits per heavy atom. The molecule has 0 spiro atoms. The van der Waals surface area contributed by atoms with Gasteiger partial charge in [0.25, 0.3) is 5.69 Å². The SMILES string of the molecule is C/C=C(\S/C=C\CC)c1cc(OCCOCc2ccccc2)c2cc([N+](=O)[O-])ccc2n1. The summed E-state index contributed by atoms with van der Waals surface area (Å²) in [5.41, 5.74) is 2.51. The predicted molar refractivity (Wildman–Crippen MR) is 131 cm³/mol. The van der Waals surface area contributed by atoms with E-state index in [2.05, 4.69) is 13.0 Å². The predicted octanol–water partition coefficient (Wildman–Crippen LogP) is 6.76. The molecule has 0 aliphatic rings. The van der Waals surface area contributed by atoms with Crippen LogP contribution in [0.4, 0.5) is 5.69 Å². The summed E-state index contributed by atoms with van der Waals surface area (Å²) in [4.78, 5) is 16.5. The van der Waals surface area contributed by atoms with Crippen LogP contribution in [0.2, 0.25) is 0 Å².